The standard InChI is InChI=1S/C15H17BN4O5/c21-13(20-15(23)16(24)25)11(8-10-4-2-1-3-5-10)19-14(22)12-9-17-6-7-18-12/h1-7,9,11,15,23-25H,8H2,(H,19,22)(H,20,21)/t11?,15-/m0/s1. The Kier molecular flexibility index (Phi) is 6.58. The van der Waals surface area contributed by atoms with Crippen molar-refractivity contribution in [2.24, 2.45) is 0 Å². The average molecular weight is 344 g/mol. The Hall–Kier alpha value is -2.82. The minimum atomic E-state index is -2.14. The van der Waals surface area contributed by atoms with Gasteiger partial charge in [0.2, 0.25) is 5.91 Å². The molecule has 0 saturated heterocycles. The Bertz CT molecular complexity index is 702. The van der Waals surface area contributed by atoms with E-state index >= 15 is 0 Å². The summed E-state index contributed by atoms with van der Waals surface area (Å²) in [4.78, 5) is 32.1. The molecule has 0 fully saturated rings. The molecule has 2 amide bonds. The molecule has 1 aromatic carbocycles. The molecule has 0 aliphatic heterocycles. The molecule has 9 nitrogen and oxygen atoms in total. The molecule has 1 unspecified atom stereocenters. The van der Waals surface area contributed by atoms with Crippen LogP contribution in [0.1, 0.15) is 16.1 Å². The van der Waals surface area contributed by atoms with Crippen LogP contribution < -0.4 is 10.6 Å². The predicted molar refractivity (Wildman–Crippen MR) is 87.8 cm³/mol. The first kappa shape index (κ1) is 18.5. The van der Waals surface area contributed by atoms with Gasteiger partial charge in [-0.05, 0) is 5.56 Å². The van der Waals surface area contributed by atoms with Crippen LogP contribution in [0, 0.1) is 0 Å². The van der Waals surface area contributed by atoms with E-state index in [-0.39, 0.29) is 12.1 Å². The first-order valence-corrected chi connectivity index (χ1v) is 7.42. The van der Waals surface area contributed by atoms with E-state index in [9.17, 15) is 14.7 Å². The number of hydrogen-bond acceptors (Lipinski definition) is 7. The van der Waals surface area contributed by atoms with E-state index in [4.69, 9.17) is 10.0 Å². The summed E-state index contributed by atoms with van der Waals surface area (Å²) in [5.74, 6) is -1.40. The van der Waals surface area contributed by atoms with E-state index in [1.807, 2.05) is 11.4 Å². The largest absolute Gasteiger partial charge is 0.504 e. The maximum atomic E-state index is 12.3. The highest BCUT2D eigenvalue weighted by molar-refractivity contribution is 6.42. The Balaban J connectivity index is 2.13. The summed E-state index contributed by atoms with van der Waals surface area (Å²) in [6.45, 7) is 0. The Labute approximate surface area is 143 Å². The lowest BCUT2D eigenvalue weighted by molar-refractivity contribution is -0.125. The predicted octanol–water partition coefficient (Wildman–Crippen LogP) is -1.74. The first-order valence-electron chi connectivity index (χ1n) is 7.42. The molecule has 0 radical (unpaired) electrons. The molecule has 2 rings (SSSR count). The van der Waals surface area contributed by atoms with Crippen molar-refractivity contribution in [1.82, 2.24) is 20.6 Å². The minimum absolute atomic E-state index is 0.0242. The van der Waals surface area contributed by atoms with Crippen LogP contribution in [0.2, 0.25) is 0 Å². The zero-order valence-corrected chi connectivity index (χ0v) is 13.1. The van der Waals surface area contributed by atoms with E-state index in [0.717, 1.165) is 5.56 Å². The van der Waals surface area contributed by atoms with Gasteiger partial charge in [0.05, 0.1) is 6.20 Å². The van der Waals surface area contributed by atoms with Crippen molar-refractivity contribution in [3.63, 3.8) is 0 Å². The van der Waals surface area contributed by atoms with Crippen molar-refractivity contribution in [3.05, 3.63) is 60.2 Å². The summed E-state index contributed by atoms with van der Waals surface area (Å²) >= 11 is 0. The molecule has 25 heavy (non-hydrogen) atoms. The van der Waals surface area contributed by atoms with Gasteiger partial charge in [0, 0.05) is 18.8 Å². The van der Waals surface area contributed by atoms with Gasteiger partial charge in [-0.2, -0.15) is 0 Å². The van der Waals surface area contributed by atoms with Crippen LogP contribution in [-0.2, 0) is 11.2 Å². The van der Waals surface area contributed by atoms with E-state index in [0.29, 0.717) is 0 Å². The third-order valence-corrected chi connectivity index (χ3v) is 3.27. The van der Waals surface area contributed by atoms with Crippen LogP contribution in [0.4, 0.5) is 0 Å². The van der Waals surface area contributed by atoms with Gasteiger partial charge in [-0.25, -0.2) is 4.98 Å². The lowest BCUT2D eigenvalue weighted by atomic mass is 9.88. The van der Waals surface area contributed by atoms with Gasteiger partial charge in [0.15, 0.2) is 6.13 Å². The quantitative estimate of drug-likeness (QED) is 0.296. The van der Waals surface area contributed by atoms with Crippen molar-refractivity contribution < 1.29 is 24.7 Å². The number of amides is 2. The number of aliphatic hydroxyl groups excluding tert-OH is 1. The molecule has 2 atom stereocenters. The van der Waals surface area contributed by atoms with E-state index in [2.05, 4.69) is 15.3 Å². The van der Waals surface area contributed by atoms with E-state index < -0.39 is 31.1 Å². The zero-order chi connectivity index (χ0) is 18.2. The smallest absolute Gasteiger partial charge is 0.424 e. The Morgan fingerprint density at radius 2 is 1.84 bits per heavy atom. The van der Waals surface area contributed by atoms with Crippen LogP contribution in [-0.4, -0.2) is 56.2 Å². The molecule has 2 aromatic rings. The topological polar surface area (TPSA) is 145 Å². The fraction of sp³-hybridized carbons (Fsp3) is 0.200. The van der Waals surface area contributed by atoms with Crippen molar-refractivity contribution in [2.75, 3.05) is 0 Å². The number of carbonyl (C=O) groups is 2. The second kappa shape index (κ2) is 8.88. The second-order valence-electron chi connectivity index (χ2n) is 5.17. The third kappa shape index (κ3) is 5.64. The lowest BCUT2D eigenvalue weighted by Gasteiger charge is -2.20. The van der Waals surface area contributed by atoms with Crippen LogP contribution in [0.25, 0.3) is 0 Å². The highest BCUT2D eigenvalue weighted by Crippen LogP contribution is 2.05. The minimum Gasteiger partial charge on any atom is -0.424 e. The third-order valence-electron chi connectivity index (χ3n) is 3.27. The zero-order valence-electron chi connectivity index (χ0n) is 13.1. The first-order chi connectivity index (χ1) is 12.0. The van der Waals surface area contributed by atoms with Gasteiger partial charge in [-0.3, -0.25) is 14.6 Å². The summed E-state index contributed by atoms with van der Waals surface area (Å²) in [6, 6.07) is 7.84. The lowest BCUT2D eigenvalue weighted by Crippen LogP contribution is -2.54. The van der Waals surface area contributed by atoms with E-state index in [1.165, 1.54) is 18.6 Å². The molecular formula is C15H17BN4O5. The summed E-state index contributed by atoms with van der Waals surface area (Å²) in [5.41, 5.74) is 0.789. The summed E-state index contributed by atoms with van der Waals surface area (Å²) < 4.78 is 0. The molecule has 10 heteroatoms. The molecule has 0 aliphatic rings. The molecule has 5 N–H and O–H groups in total. The van der Waals surface area contributed by atoms with Crippen molar-refractivity contribution in [2.45, 2.75) is 18.6 Å². The molecule has 0 aliphatic carbocycles. The molecule has 0 bridgehead atoms. The number of nitrogens with one attached hydrogen (secondary N) is 2. The summed E-state index contributed by atoms with van der Waals surface area (Å²) in [5, 5.41) is 31.7. The second-order valence-corrected chi connectivity index (χ2v) is 5.17. The van der Waals surface area contributed by atoms with Gasteiger partial charge >= 0.3 is 7.12 Å². The molecule has 130 valence electrons. The highest BCUT2D eigenvalue weighted by Gasteiger charge is 2.28. The molecule has 0 spiro atoms. The van der Waals surface area contributed by atoms with Crippen LogP contribution in [0.5, 0.6) is 0 Å². The van der Waals surface area contributed by atoms with Crippen LogP contribution in [0.3, 0.4) is 0 Å². The van der Waals surface area contributed by atoms with Gasteiger partial charge in [-0.15, -0.1) is 0 Å². The van der Waals surface area contributed by atoms with Crippen LogP contribution in [0.15, 0.2) is 48.9 Å². The normalized spacial score (nSPS) is 12.8. The van der Waals surface area contributed by atoms with Gasteiger partial charge in [0.25, 0.3) is 5.91 Å². The van der Waals surface area contributed by atoms with Crippen LogP contribution >= 0.6 is 0 Å². The highest BCUT2D eigenvalue weighted by atomic mass is 16.4. The number of nitrogens with zero attached hydrogens (tertiary/aromatic N) is 2. The summed E-state index contributed by atoms with van der Waals surface area (Å²) in [7, 11) is -2.14. The number of aromatic nitrogens is 2. The molecule has 1 aromatic heterocycles. The number of rotatable bonds is 7. The maximum Gasteiger partial charge on any atom is 0.504 e. The number of benzene rings is 1. The monoisotopic (exact) mass is 344 g/mol. The summed E-state index contributed by atoms with van der Waals surface area (Å²) in [6.07, 6.45) is 2.25. The maximum absolute atomic E-state index is 12.3. The fourth-order valence-electron chi connectivity index (χ4n) is 2.03. The number of carbonyl (C=O) groups excluding carboxylic acids is 2. The Morgan fingerprint density at radius 1 is 1.12 bits per heavy atom. The van der Waals surface area contributed by atoms with Gasteiger partial charge < -0.3 is 25.8 Å². The van der Waals surface area contributed by atoms with Gasteiger partial charge in [-0.1, -0.05) is 30.3 Å². The molecular weight excluding hydrogens is 327 g/mol. The SMILES string of the molecule is O=C(NC(Cc1ccccc1)C(=O)N[C@@H](O)B(O)O)c1cnccn1. The van der Waals surface area contributed by atoms with Crippen molar-refractivity contribution in [1.29, 1.82) is 0 Å². The van der Waals surface area contributed by atoms with Crippen molar-refractivity contribution in [3.8, 4) is 0 Å². The van der Waals surface area contributed by atoms with E-state index in [1.54, 1.807) is 24.3 Å². The molecule has 1 heterocycles. The van der Waals surface area contributed by atoms with Gasteiger partial charge in [0.1, 0.15) is 11.7 Å². The number of aliphatic hydroxyl groups is 1. The number of hydrogen-bond donors (Lipinski definition) is 5. The fourth-order valence-corrected chi connectivity index (χ4v) is 2.03. The van der Waals surface area contributed by atoms with Crippen molar-refractivity contribution >= 4 is 18.9 Å². The average Bonchev–Trinajstić information content (AvgIpc) is 2.62. The Morgan fingerprint density at radius 3 is 2.44 bits per heavy atom. The molecule has 0 saturated carbocycles.